The number of sulfone groups is 1. The molecule has 0 aromatic carbocycles. The quantitative estimate of drug-likeness (QED) is 0.758. The van der Waals surface area contributed by atoms with E-state index in [1.54, 1.807) is 11.3 Å². The van der Waals surface area contributed by atoms with Crippen molar-refractivity contribution < 1.29 is 8.42 Å². The van der Waals surface area contributed by atoms with Crippen LogP contribution in [0, 0.1) is 5.92 Å². The Labute approximate surface area is 141 Å². The zero-order valence-electron chi connectivity index (χ0n) is 11.5. The number of hydrogen-bond donors (Lipinski definition) is 1. The summed E-state index contributed by atoms with van der Waals surface area (Å²) in [5.41, 5.74) is 0. The molecular weight excluding hydrogens is 426 g/mol. The predicted molar refractivity (Wildman–Crippen MR) is 92.1 cm³/mol. The lowest BCUT2D eigenvalue weighted by Crippen LogP contribution is -2.34. The van der Waals surface area contributed by atoms with E-state index in [9.17, 15) is 8.42 Å². The standard InChI is InChI=1S/C13H19Br2NO2S2/c1-16-12(11-7-10(14)13(15)19-11)8-4-3-5-9(6-8)20(2,17)18/h7-9,12,16H,3-6H2,1-2H3. The van der Waals surface area contributed by atoms with Crippen LogP contribution in [0.2, 0.25) is 0 Å². The van der Waals surface area contributed by atoms with Gasteiger partial charge in [-0.1, -0.05) is 6.42 Å². The molecule has 2 rings (SSSR count). The van der Waals surface area contributed by atoms with Crippen molar-refractivity contribution in [3.05, 3.63) is 19.2 Å². The summed E-state index contributed by atoms with van der Waals surface area (Å²) in [7, 11) is -0.974. The van der Waals surface area contributed by atoms with Gasteiger partial charge < -0.3 is 5.32 Å². The van der Waals surface area contributed by atoms with Crippen LogP contribution >= 0.6 is 43.2 Å². The number of hydrogen-bond acceptors (Lipinski definition) is 4. The minimum atomic E-state index is -2.93. The molecule has 114 valence electrons. The third kappa shape index (κ3) is 3.85. The molecule has 1 aliphatic rings. The summed E-state index contributed by atoms with van der Waals surface area (Å²) < 4.78 is 25.8. The van der Waals surface area contributed by atoms with Crippen LogP contribution in [-0.4, -0.2) is 27.0 Å². The van der Waals surface area contributed by atoms with Crippen LogP contribution in [-0.2, 0) is 9.84 Å². The zero-order valence-corrected chi connectivity index (χ0v) is 16.3. The van der Waals surface area contributed by atoms with Gasteiger partial charge in [0, 0.05) is 21.6 Å². The molecule has 1 heterocycles. The highest BCUT2D eigenvalue weighted by molar-refractivity contribution is 9.13. The Balaban J connectivity index is 2.19. The van der Waals surface area contributed by atoms with E-state index < -0.39 is 9.84 Å². The van der Waals surface area contributed by atoms with Crippen molar-refractivity contribution in [2.24, 2.45) is 5.92 Å². The van der Waals surface area contributed by atoms with E-state index in [1.807, 2.05) is 7.05 Å². The molecule has 3 nitrogen and oxygen atoms in total. The third-order valence-electron chi connectivity index (χ3n) is 4.03. The fourth-order valence-electron chi connectivity index (χ4n) is 3.00. The molecule has 7 heteroatoms. The number of halogens is 2. The fraction of sp³-hybridized carbons (Fsp3) is 0.692. The highest BCUT2D eigenvalue weighted by atomic mass is 79.9. The average molecular weight is 445 g/mol. The summed E-state index contributed by atoms with van der Waals surface area (Å²) in [5, 5.41) is 3.20. The van der Waals surface area contributed by atoms with Crippen molar-refractivity contribution in [1.29, 1.82) is 0 Å². The van der Waals surface area contributed by atoms with Gasteiger partial charge in [-0.25, -0.2) is 8.42 Å². The third-order valence-corrected chi connectivity index (χ3v) is 9.00. The minimum Gasteiger partial charge on any atom is -0.312 e. The first-order valence-corrected chi connectivity index (χ1v) is 11.0. The Morgan fingerprint density at radius 3 is 2.60 bits per heavy atom. The van der Waals surface area contributed by atoms with Gasteiger partial charge in [-0.15, -0.1) is 11.3 Å². The van der Waals surface area contributed by atoms with Gasteiger partial charge in [0.25, 0.3) is 0 Å². The predicted octanol–water partition coefficient (Wildman–Crippen LogP) is 4.14. The van der Waals surface area contributed by atoms with Crippen LogP contribution < -0.4 is 5.32 Å². The molecule has 1 N–H and O–H groups in total. The van der Waals surface area contributed by atoms with Gasteiger partial charge in [0.05, 0.1) is 9.04 Å². The summed E-state index contributed by atoms with van der Waals surface area (Å²) in [5.74, 6) is 0.380. The molecule has 20 heavy (non-hydrogen) atoms. The van der Waals surface area contributed by atoms with Crippen LogP contribution in [0.1, 0.15) is 36.6 Å². The van der Waals surface area contributed by atoms with E-state index >= 15 is 0 Å². The molecule has 1 aromatic rings. The van der Waals surface area contributed by atoms with Gasteiger partial charge >= 0.3 is 0 Å². The van der Waals surface area contributed by atoms with E-state index in [0.29, 0.717) is 5.92 Å². The molecule has 0 amide bonds. The van der Waals surface area contributed by atoms with Gasteiger partial charge in [-0.2, -0.15) is 0 Å². The van der Waals surface area contributed by atoms with Crippen LogP contribution in [0.25, 0.3) is 0 Å². The van der Waals surface area contributed by atoms with Gasteiger partial charge in [0.1, 0.15) is 9.84 Å². The lowest BCUT2D eigenvalue weighted by atomic mass is 9.83. The van der Waals surface area contributed by atoms with Crippen molar-refractivity contribution in [3.8, 4) is 0 Å². The molecule has 1 saturated carbocycles. The van der Waals surface area contributed by atoms with Crippen LogP contribution in [0.15, 0.2) is 14.3 Å². The normalized spacial score (nSPS) is 25.6. The fourth-order valence-corrected chi connectivity index (χ4v) is 6.48. The van der Waals surface area contributed by atoms with Gasteiger partial charge in [0.2, 0.25) is 0 Å². The van der Waals surface area contributed by atoms with Crippen LogP contribution in [0.4, 0.5) is 0 Å². The molecule has 3 atom stereocenters. The van der Waals surface area contributed by atoms with Crippen molar-refractivity contribution in [3.63, 3.8) is 0 Å². The molecule has 0 aliphatic heterocycles. The van der Waals surface area contributed by atoms with Crippen molar-refractivity contribution in [2.45, 2.75) is 37.0 Å². The second-order valence-corrected chi connectivity index (χ2v) is 11.0. The second-order valence-electron chi connectivity index (χ2n) is 5.41. The summed E-state index contributed by atoms with van der Waals surface area (Å²) >= 11 is 8.76. The van der Waals surface area contributed by atoms with Gasteiger partial charge in [-0.3, -0.25) is 0 Å². The molecule has 0 radical (unpaired) electrons. The Hall–Kier alpha value is 0.570. The Morgan fingerprint density at radius 1 is 1.40 bits per heavy atom. The van der Waals surface area contributed by atoms with Gasteiger partial charge in [0.15, 0.2) is 0 Å². The smallest absolute Gasteiger partial charge is 0.150 e. The summed E-state index contributed by atoms with van der Waals surface area (Å²) in [4.78, 5) is 1.26. The maximum Gasteiger partial charge on any atom is 0.150 e. The molecule has 0 bridgehead atoms. The topological polar surface area (TPSA) is 46.2 Å². The second kappa shape index (κ2) is 6.77. The molecule has 1 fully saturated rings. The lowest BCUT2D eigenvalue weighted by molar-refractivity contribution is 0.285. The van der Waals surface area contributed by atoms with Gasteiger partial charge in [-0.05, 0) is 70.2 Å². The van der Waals surface area contributed by atoms with E-state index in [1.165, 1.54) is 11.1 Å². The summed E-state index contributed by atoms with van der Waals surface area (Å²) in [6.07, 6.45) is 5.02. The van der Waals surface area contributed by atoms with E-state index in [-0.39, 0.29) is 11.3 Å². The highest BCUT2D eigenvalue weighted by Gasteiger charge is 2.33. The van der Waals surface area contributed by atoms with Crippen molar-refractivity contribution in [2.75, 3.05) is 13.3 Å². The average Bonchev–Trinajstić information content (AvgIpc) is 2.69. The monoisotopic (exact) mass is 443 g/mol. The Kier molecular flexibility index (Phi) is 5.73. The van der Waals surface area contributed by atoms with Crippen molar-refractivity contribution >= 4 is 53.0 Å². The maximum absolute atomic E-state index is 11.8. The van der Waals surface area contributed by atoms with E-state index in [2.05, 4.69) is 43.2 Å². The minimum absolute atomic E-state index is 0.177. The highest BCUT2D eigenvalue weighted by Crippen LogP contribution is 2.42. The number of rotatable bonds is 4. The van der Waals surface area contributed by atoms with E-state index in [4.69, 9.17) is 0 Å². The zero-order chi connectivity index (χ0) is 14.9. The molecule has 3 unspecified atom stereocenters. The number of nitrogens with one attached hydrogen (secondary N) is 1. The molecule has 0 saturated heterocycles. The maximum atomic E-state index is 11.8. The lowest BCUT2D eigenvalue weighted by Gasteiger charge is -2.33. The molecular formula is C13H19Br2NO2S2. The molecule has 1 aromatic heterocycles. The number of thiophene rings is 1. The first-order valence-electron chi connectivity index (χ1n) is 6.63. The summed E-state index contributed by atoms with van der Waals surface area (Å²) in [6, 6.07) is 2.35. The van der Waals surface area contributed by atoms with E-state index in [0.717, 1.165) is 33.9 Å². The molecule has 1 aliphatic carbocycles. The van der Waals surface area contributed by atoms with Crippen molar-refractivity contribution in [1.82, 2.24) is 5.32 Å². The first-order chi connectivity index (χ1) is 9.32. The van der Waals surface area contributed by atoms with Crippen LogP contribution in [0.3, 0.4) is 0 Å². The Bertz CT molecular complexity index is 551. The first kappa shape index (κ1) is 16.9. The summed E-state index contributed by atoms with van der Waals surface area (Å²) in [6.45, 7) is 0. The SMILES string of the molecule is CNC(c1cc(Br)c(Br)s1)C1CCCC(S(C)(=O)=O)C1. The molecule has 0 spiro atoms. The largest absolute Gasteiger partial charge is 0.312 e. The van der Waals surface area contributed by atoms with Crippen LogP contribution in [0.5, 0.6) is 0 Å². The Morgan fingerprint density at radius 2 is 2.10 bits per heavy atom.